The maximum atomic E-state index is 13.7. The second-order valence-corrected chi connectivity index (χ2v) is 11.0. The summed E-state index contributed by atoms with van der Waals surface area (Å²) in [6.45, 7) is 8.76. The van der Waals surface area contributed by atoms with Crippen LogP contribution < -0.4 is 9.62 Å². The van der Waals surface area contributed by atoms with Crippen LogP contribution in [0.2, 0.25) is 5.02 Å². The summed E-state index contributed by atoms with van der Waals surface area (Å²) in [5, 5.41) is 3.33. The average Bonchev–Trinajstić information content (AvgIpc) is 2.72. The van der Waals surface area contributed by atoms with Gasteiger partial charge in [0.15, 0.2) is 0 Å². The van der Waals surface area contributed by atoms with Crippen LogP contribution in [0, 0.1) is 13.8 Å². The summed E-state index contributed by atoms with van der Waals surface area (Å²) in [5.74, 6) is -0.783. The van der Waals surface area contributed by atoms with Crippen LogP contribution in [0.15, 0.2) is 42.5 Å². The number of para-hydroxylation sites is 1. The number of nitrogens with zero attached hydrogens (tertiary/aromatic N) is 2. The molecule has 0 aliphatic carbocycles. The first-order valence-electron chi connectivity index (χ1n) is 11.2. The van der Waals surface area contributed by atoms with Gasteiger partial charge in [-0.2, -0.15) is 0 Å². The number of carbonyl (C=O) groups excluding carboxylic acids is 2. The van der Waals surface area contributed by atoms with Gasteiger partial charge >= 0.3 is 0 Å². The summed E-state index contributed by atoms with van der Waals surface area (Å²) in [6.07, 6.45) is 1.43. The fourth-order valence-electron chi connectivity index (χ4n) is 3.89. The third-order valence-corrected chi connectivity index (χ3v) is 6.96. The van der Waals surface area contributed by atoms with Gasteiger partial charge in [0.2, 0.25) is 21.8 Å². The largest absolute Gasteiger partial charge is 0.352 e. The van der Waals surface area contributed by atoms with Crippen LogP contribution in [0.1, 0.15) is 43.9 Å². The van der Waals surface area contributed by atoms with Crippen LogP contribution in [0.3, 0.4) is 0 Å². The number of hydrogen-bond donors (Lipinski definition) is 1. The predicted octanol–water partition coefficient (Wildman–Crippen LogP) is 4.05. The Morgan fingerprint density at radius 3 is 2.12 bits per heavy atom. The molecule has 0 fully saturated rings. The highest BCUT2D eigenvalue weighted by molar-refractivity contribution is 7.92. The Balaban J connectivity index is 2.52. The third kappa shape index (κ3) is 6.96. The van der Waals surface area contributed by atoms with Gasteiger partial charge in [-0.15, -0.1) is 0 Å². The van der Waals surface area contributed by atoms with Gasteiger partial charge in [0, 0.05) is 17.6 Å². The summed E-state index contributed by atoms with van der Waals surface area (Å²) in [5.41, 5.74) is 2.61. The number of anilines is 1. The summed E-state index contributed by atoms with van der Waals surface area (Å²) in [7, 11) is -3.79. The Kier molecular flexibility index (Phi) is 9.53. The normalized spacial score (nSPS) is 12.4. The number of rotatable bonds is 10. The number of benzene rings is 2. The van der Waals surface area contributed by atoms with E-state index in [-0.39, 0.29) is 18.5 Å². The lowest BCUT2D eigenvalue weighted by Crippen LogP contribution is -2.53. The highest BCUT2D eigenvalue weighted by Crippen LogP contribution is 2.27. The van der Waals surface area contributed by atoms with E-state index in [2.05, 4.69) is 5.32 Å². The molecule has 0 aliphatic heterocycles. The zero-order chi connectivity index (χ0) is 25.6. The number of carbonyl (C=O) groups is 2. The molecule has 0 unspecified atom stereocenters. The predicted molar refractivity (Wildman–Crippen MR) is 137 cm³/mol. The van der Waals surface area contributed by atoms with E-state index in [1.54, 1.807) is 50.2 Å². The van der Waals surface area contributed by atoms with Crippen molar-refractivity contribution in [3.05, 3.63) is 64.2 Å². The second kappa shape index (κ2) is 11.7. The van der Waals surface area contributed by atoms with Gasteiger partial charge in [-0.25, -0.2) is 8.42 Å². The summed E-state index contributed by atoms with van der Waals surface area (Å²) in [4.78, 5) is 28.1. The van der Waals surface area contributed by atoms with Gasteiger partial charge in [-0.1, -0.05) is 54.9 Å². The van der Waals surface area contributed by atoms with E-state index in [9.17, 15) is 18.0 Å². The lowest BCUT2D eigenvalue weighted by atomic mass is 10.1. The summed E-state index contributed by atoms with van der Waals surface area (Å²) in [6, 6.07) is 11.6. The first-order chi connectivity index (χ1) is 15.9. The third-order valence-electron chi connectivity index (χ3n) is 5.48. The quantitative estimate of drug-likeness (QED) is 0.525. The zero-order valence-corrected chi connectivity index (χ0v) is 22.2. The Morgan fingerprint density at radius 2 is 1.62 bits per heavy atom. The molecule has 2 amide bonds. The minimum Gasteiger partial charge on any atom is -0.352 e. The molecule has 0 saturated carbocycles. The van der Waals surface area contributed by atoms with Crippen LogP contribution in [0.25, 0.3) is 0 Å². The number of halogens is 1. The van der Waals surface area contributed by atoms with Gasteiger partial charge < -0.3 is 10.2 Å². The van der Waals surface area contributed by atoms with E-state index in [0.717, 1.165) is 21.7 Å². The van der Waals surface area contributed by atoms with Crippen molar-refractivity contribution in [3.63, 3.8) is 0 Å². The van der Waals surface area contributed by atoms with Crippen LogP contribution >= 0.6 is 11.6 Å². The van der Waals surface area contributed by atoms with Gasteiger partial charge in [0.25, 0.3) is 0 Å². The lowest BCUT2D eigenvalue weighted by molar-refractivity contribution is -0.140. The molecule has 2 rings (SSSR count). The second-order valence-electron chi connectivity index (χ2n) is 8.71. The summed E-state index contributed by atoms with van der Waals surface area (Å²) < 4.78 is 26.7. The Hall–Kier alpha value is -2.58. The molecule has 9 heteroatoms. The van der Waals surface area contributed by atoms with Gasteiger partial charge in [0.1, 0.15) is 12.6 Å². The van der Waals surface area contributed by atoms with E-state index < -0.39 is 28.5 Å². The maximum Gasteiger partial charge on any atom is 0.244 e. The van der Waals surface area contributed by atoms with Crippen molar-refractivity contribution >= 4 is 39.1 Å². The van der Waals surface area contributed by atoms with Crippen LogP contribution in [0.4, 0.5) is 5.69 Å². The first kappa shape index (κ1) is 27.7. The number of hydrogen-bond acceptors (Lipinski definition) is 4. The highest BCUT2D eigenvalue weighted by atomic mass is 35.5. The first-order valence-corrected chi connectivity index (χ1v) is 13.5. The van der Waals surface area contributed by atoms with Crippen molar-refractivity contribution in [2.24, 2.45) is 0 Å². The number of amides is 2. The van der Waals surface area contributed by atoms with Gasteiger partial charge in [-0.3, -0.25) is 13.9 Å². The van der Waals surface area contributed by atoms with Crippen molar-refractivity contribution in [2.75, 3.05) is 17.1 Å². The molecular formula is C25H34ClN3O4S. The molecule has 7 nitrogen and oxygen atoms in total. The molecule has 0 heterocycles. The smallest absolute Gasteiger partial charge is 0.244 e. The van der Waals surface area contributed by atoms with Crippen molar-refractivity contribution in [2.45, 2.75) is 59.7 Å². The fraction of sp³-hybridized carbons (Fsp3) is 0.440. The topological polar surface area (TPSA) is 86.8 Å². The Labute approximate surface area is 208 Å². The maximum absolute atomic E-state index is 13.7. The van der Waals surface area contributed by atoms with Gasteiger partial charge in [-0.05, 0) is 56.9 Å². The van der Waals surface area contributed by atoms with E-state index in [1.807, 2.05) is 26.8 Å². The average molecular weight is 508 g/mol. The van der Waals surface area contributed by atoms with Crippen molar-refractivity contribution in [1.29, 1.82) is 0 Å². The molecular weight excluding hydrogens is 474 g/mol. The molecule has 0 radical (unpaired) electrons. The standard InChI is InChI=1S/C25H34ClN3O4S/c1-7-22(25(31)27-17(2)3)28(15-20-13-8-9-14-21(20)26)23(30)16-29(34(6,32)33)24-18(4)11-10-12-19(24)5/h8-14,17,22H,7,15-16H2,1-6H3,(H,27,31)/t22-/m0/s1. The Bertz CT molecular complexity index is 1110. The molecule has 0 saturated heterocycles. The van der Waals surface area contributed by atoms with Crippen LogP contribution in [-0.4, -0.2) is 50.0 Å². The van der Waals surface area contributed by atoms with Crippen LogP contribution in [-0.2, 0) is 26.2 Å². The highest BCUT2D eigenvalue weighted by Gasteiger charge is 2.33. The molecule has 2 aromatic rings. The van der Waals surface area contributed by atoms with Gasteiger partial charge in [0.05, 0.1) is 11.9 Å². The molecule has 186 valence electrons. The molecule has 1 N–H and O–H groups in total. The minimum absolute atomic E-state index is 0.0763. The van der Waals surface area contributed by atoms with E-state index in [0.29, 0.717) is 22.7 Å². The Morgan fingerprint density at radius 1 is 1.03 bits per heavy atom. The molecule has 2 aromatic carbocycles. The lowest BCUT2D eigenvalue weighted by Gasteiger charge is -2.34. The molecule has 0 aromatic heterocycles. The number of nitrogens with one attached hydrogen (secondary N) is 1. The number of sulfonamides is 1. The van der Waals surface area contributed by atoms with E-state index >= 15 is 0 Å². The fourth-order valence-corrected chi connectivity index (χ4v) is 5.05. The minimum atomic E-state index is -3.79. The summed E-state index contributed by atoms with van der Waals surface area (Å²) >= 11 is 6.36. The van der Waals surface area contributed by atoms with E-state index in [1.165, 1.54) is 4.90 Å². The molecule has 1 atom stereocenters. The van der Waals surface area contributed by atoms with E-state index in [4.69, 9.17) is 11.6 Å². The zero-order valence-electron chi connectivity index (χ0n) is 20.6. The molecule has 0 spiro atoms. The number of aryl methyl sites for hydroxylation is 2. The SMILES string of the molecule is CC[C@@H](C(=O)NC(C)C)N(Cc1ccccc1Cl)C(=O)CN(c1c(C)cccc1C)S(C)(=O)=O. The molecule has 0 aliphatic rings. The van der Waals surface area contributed by atoms with Crippen LogP contribution in [0.5, 0.6) is 0 Å². The monoisotopic (exact) mass is 507 g/mol. The molecule has 0 bridgehead atoms. The molecule has 34 heavy (non-hydrogen) atoms. The van der Waals surface area contributed by atoms with Crippen molar-refractivity contribution < 1.29 is 18.0 Å². The van der Waals surface area contributed by atoms with Crippen molar-refractivity contribution in [1.82, 2.24) is 10.2 Å². The van der Waals surface area contributed by atoms with Crippen molar-refractivity contribution in [3.8, 4) is 0 Å².